The number of nitriles is 1. The van der Waals surface area contributed by atoms with Gasteiger partial charge in [-0.25, -0.2) is 9.97 Å². The lowest BCUT2D eigenvalue weighted by Crippen LogP contribution is -1.98. The van der Waals surface area contributed by atoms with Crippen LogP contribution in [-0.2, 0) is 0 Å². The van der Waals surface area contributed by atoms with Gasteiger partial charge in [0.15, 0.2) is 0 Å². The second kappa shape index (κ2) is 4.75. The zero-order valence-electron chi connectivity index (χ0n) is 10.2. The van der Waals surface area contributed by atoms with Crippen LogP contribution in [0.15, 0.2) is 46.5 Å². The van der Waals surface area contributed by atoms with Crippen LogP contribution in [0.2, 0.25) is 0 Å². The molecule has 92 valence electrons. The first-order valence-corrected chi connectivity index (χ1v) is 6.58. The largest absolute Gasteiger partial charge is 0.348 e. The Morgan fingerprint density at radius 1 is 1.32 bits per heavy atom. The number of nitrogens with one attached hydrogen (secondary N) is 1. The van der Waals surface area contributed by atoms with Gasteiger partial charge in [0.1, 0.15) is 17.5 Å². The minimum Gasteiger partial charge on any atom is -0.348 e. The molecule has 1 aromatic carbocycles. The molecule has 0 atom stereocenters. The molecule has 0 bridgehead atoms. The second-order valence-electron chi connectivity index (χ2n) is 4.03. The highest BCUT2D eigenvalue weighted by Crippen LogP contribution is 2.43. The highest BCUT2D eigenvalue weighted by atomic mass is 32.2. The molecule has 1 aromatic heterocycles. The zero-order valence-corrected chi connectivity index (χ0v) is 11.0. The molecule has 1 N–H and O–H groups in total. The number of allylic oxidation sites excluding steroid dienone is 1. The average Bonchev–Trinajstić information content (AvgIpc) is 2.83. The van der Waals surface area contributed by atoms with Crippen molar-refractivity contribution in [3.63, 3.8) is 0 Å². The van der Waals surface area contributed by atoms with Crippen LogP contribution in [0.25, 0.3) is 5.57 Å². The van der Waals surface area contributed by atoms with Crippen LogP contribution in [-0.4, -0.2) is 9.97 Å². The average molecular weight is 266 g/mol. The summed E-state index contributed by atoms with van der Waals surface area (Å²) in [4.78, 5) is 9.48. The summed E-state index contributed by atoms with van der Waals surface area (Å²) in [5.41, 5.74) is 2.23. The normalized spacial score (nSPS) is 15.4. The minimum atomic E-state index is 0.548. The molecule has 0 saturated carbocycles. The van der Waals surface area contributed by atoms with E-state index >= 15 is 0 Å². The lowest BCUT2D eigenvalue weighted by molar-refractivity contribution is 1.04. The van der Waals surface area contributed by atoms with Crippen molar-refractivity contribution in [1.82, 2.24) is 9.97 Å². The lowest BCUT2D eigenvalue weighted by Gasteiger charge is -2.03. The summed E-state index contributed by atoms with van der Waals surface area (Å²) in [6.07, 6.45) is 1.67. The van der Waals surface area contributed by atoms with E-state index in [0.717, 1.165) is 15.6 Å². The third kappa shape index (κ3) is 2.18. The van der Waals surface area contributed by atoms with Crippen LogP contribution in [0.3, 0.4) is 0 Å². The molecule has 0 fully saturated rings. The Kier molecular flexibility index (Phi) is 2.94. The summed E-state index contributed by atoms with van der Waals surface area (Å²) in [6.45, 7) is 1.81. The van der Waals surface area contributed by atoms with Crippen molar-refractivity contribution in [2.45, 2.75) is 11.8 Å². The van der Waals surface area contributed by atoms with Crippen molar-refractivity contribution in [1.29, 1.82) is 5.26 Å². The fourth-order valence-corrected chi connectivity index (χ4v) is 2.86. The maximum atomic E-state index is 9.39. The third-order valence-corrected chi connectivity index (χ3v) is 3.80. The summed E-state index contributed by atoms with van der Waals surface area (Å²) >= 11 is 1.56. The molecule has 19 heavy (non-hydrogen) atoms. The summed E-state index contributed by atoms with van der Waals surface area (Å²) in [5.74, 6) is 0.659. The fraction of sp³-hybridized carbons (Fsp3) is 0.0714. The van der Waals surface area contributed by atoms with Gasteiger partial charge in [-0.1, -0.05) is 23.9 Å². The van der Waals surface area contributed by atoms with Gasteiger partial charge in [-0.3, -0.25) is 0 Å². The van der Waals surface area contributed by atoms with Crippen molar-refractivity contribution in [2.24, 2.45) is 0 Å². The predicted molar refractivity (Wildman–Crippen MR) is 75.2 cm³/mol. The van der Waals surface area contributed by atoms with Crippen LogP contribution >= 0.6 is 11.8 Å². The van der Waals surface area contributed by atoms with E-state index in [4.69, 9.17) is 0 Å². The van der Waals surface area contributed by atoms with E-state index in [1.165, 1.54) is 0 Å². The molecule has 1 aliphatic heterocycles. The summed E-state index contributed by atoms with van der Waals surface area (Å²) in [5, 5.41) is 13.5. The molecule has 2 aromatic rings. The van der Waals surface area contributed by atoms with E-state index in [-0.39, 0.29) is 0 Å². The molecule has 3 rings (SSSR count). The number of benzene rings is 1. The number of hydrogen-bond acceptors (Lipinski definition) is 5. The van der Waals surface area contributed by atoms with Crippen LogP contribution in [0.1, 0.15) is 11.5 Å². The van der Waals surface area contributed by atoms with Gasteiger partial charge in [-0.05, 0) is 25.1 Å². The van der Waals surface area contributed by atoms with E-state index in [9.17, 15) is 5.26 Å². The summed E-state index contributed by atoms with van der Waals surface area (Å²) in [7, 11) is 0. The first kappa shape index (κ1) is 11.8. The Balaban J connectivity index is 2.06. The molecule has 0 radical (unpaired) electrons. The highest BCUT2D eigenvalue weighted by Gasteiger charge is 2.20. The maximum absolute atomic E-state index is 9.39. The number of aryl methyl sites for hydroxylation is 1. The third-order valence-electron chi connectivity index (χ3n) is 2.72. The number of nitrogens with zero attached hydrogens (tertiary/aromatic N) is 3. The lowest BCUT2D eigenvalue weighted by atomic mass is 10.2. The number of hydrogen-bond donors (Lipinski definition) is 1. The van der Waals surface area contributed by atoms with Crippen molar-refractivity contribution in [2.75, 3.05) is 5.32 Å². The molecular formula is C14H10N4S. The van der Waals surface area contributed by atoms with E-state index in [2.05, 4.69) is 21.4 Å². The Labute approximate surface area is 115 Å². The molecule has 0 saturated heterocycles. The van der Waals surface area contributed by atoms with Gasteiger partial charge in [0.05, 0.1) is 16.4 Å². The van der Waals surface area contributed by atoms with Crippen molar-refractivity contribution in [3.05, 3.63) is 53.1 Å². The van der Waals surface area contributed by atoms with E-state index in [1.807, 2.05) is 31.2 Å². The molecule has 0 spiro atoms. The maximum Gasteiger partial charge on any atom is 0.125 e. The van der Waals surface area contributed by atoms with Crippen molar-refractivity contribution in [3.8, 4) is 6.07 Å². The molecule has 4 nitrogen and oxygen atoms in total. The number of para-hydroxylation sites is 1. The van der Waals surface area contributed by atoms with Crippen LogP contribution in [0.4, 0.5) is 5.69 Å². The second-order valence-corrected chi connectivity index (χ2v) is 5.08. The van der Waals surface area contributed by atoms with Crippen LogP contribution < -0.4 is 5.32 Å². The number of rotatable bonds is 1. The van der Waals surface area contributed by atoms with Gasteiger partial charge < -0.3 is 5.32 Å². The number of thioether (sulfide) groups is 1. The van der Waals surface area contributed by atoms with E-state index in [0.29, 0.717) is 17.1 Å². The van der Waals surface area contributed by atoms with Crippen molar-refractivity contribution >= 4 is 23.0 Å². The molecule has 0 amide bonds. The van der Waals surface area contributed by atoms with Crippen LogP contribution in [0, 0.1) is 18.3 Å². The zero-order chi connectivity index (χ0) is 13.2. The summed E-state index contributed by atoms with van der Waals surface area (Å²) < 4.78 is 0. The Morgan fingerprint density at radius 2 is 2.16 bits per heavy atom. The van der Waals surface area contributed by atoms with Crippen molar-refractivity contribution < 1.29 is 0 Å². The van der Waals surface area contributed by atoms with E-state index in [1.54, 1.807) is 24.0 Å². The van der Waals surface area contributed by atoms with Gasteiger partial charge in [0, 0.05) is 11.1 Å². The van der Waals surface area contributed by atoms with Crippen LogP contribution in [0.5, 0.6) is 0 Å². The Bertz CT molecular complexity index is 688. The fourth-order valence-electron chi connectivity index (χ4n) is 1.85. The smallest absolute Gasteiger partial charge is 0.125 e. The molecule has 5 heteroatoms. The first-order chi connectivity index (χ1) is 9.28. The number of anilines is 1. The predicted octanol–water partition coefficient (Wildman–Crippen LogP) is 3.20. The SMILES string of the molecule is Cc1nccc(C(C#N)=C2Nc3ccccc3S2)n1. The highest BCUT2D eigenvalue weighted by molar-refractivity contribution is 8.04. The van der Waals surface area contributed by atoms with Gasteiger partial charge in [0.25, 0.3) is 0 Å². The molecule has 0 unspecified atom stereocenters. The van der Waals surface area contributed by atoms with Gasteiger partial charge in [-0.15, -0.1) is 0 Å². The Morgan fingerprint density at radius 3 is 2.89 bits per heavy atom. The standard InChI is InChI=1S/C14H10N4S/c1-9-16-7-6-11(17-9)10(8-15)14-18-12-4-2-3-5-13(12)19-14/h2-7,18H,1H3. The van der Waals surface area contributed by atoms with Gasteiger partial charge >= 0.3 is 0 Å². The first-order valence-electron chi connectivity index (χ1n) is 5.76. The molecular weight excluding hydrogens is 256 g/mol. The van der Waals surface area contributed by atoms with Gasteiger partial charge in [0.2, 0.25) is 0 Å². The topological polar surface area (TPSA) is 61.6 Å². The van der Waals surface area contributed by atoms with E-state index < -0.39 is 0 Å². The quantitative estimate of drug-likeness (QED) is 0.803. The summed E-state index contributed by atoms with van der Waals surface area (Å²) in [6, 6.07) is 12.0. The molecule has 1 aliphatic rings. The Hall–Kier alpha value is -2.32. The number of aromatic nitrogens is 2. The van der Waals surface area contributed by atoms with Gasteiger partial charge in [-0.2, -0.15) is 5.26 Å². The minimum absolute atomic E-state index is 0.548. The number of fused-ring (bicyclic) bond motifs is 1. The molecule has 0 aliphatic carbocycles. The molecule has 2 heterocycles. The monoisotopic (exact) mass is 266 g/mol.